The van der Waals surface area contributed by atoms with Gasteiger partial charge >= 0.3 is 0 Å². The molecule has 0 aromatic heterocycles. The van der Waals surface area contributed by atoms with Gasteiger partial charge < -0.3 is 10.8 Å². The molecule has 1 saturated heterocycles. The molecule has 1 aliphatic rings. The van der Waals surface area contributed by atoms with Crippen molar-refractivity contribution in [3.63, 3.8) is 0 Å². The third-order valence-corrected chi connectivity index (χ3v) is 3.50. The van der Waals surface area contributed by atoms with Gasteiger partial charge in [-0.2, -0.15) is 0 Å². The molecule has 1 fully saturated rings. The molecule has 0 saturated carbocycles. The maximum Gasteiger partial charge on any atom is 0.128 e. The van der Waals surface area contributed by atoms with Crippen molar-refractivity contribution in [2.45, 2.75) is 25.5 Å². The fraction of sp³-hybridized carbons (Fsp3) is 0.462. The van der Waals surface area contributed by atoms with Crippen LogP contribution in [0.1, 0.15) is 24.5 Å². The Morgan fingerprint density at radius 1 is 1.61 bits per heavy atom. The molecule has 0 radical (unpaired) electrons. The van der Waals surface area contributed by atoms with E-state index in [2.05, 4.69) is 0 Å². The predicted octanol–water partition coefficient (Wildman–Crippen LogP) is 1.42. The summed E-state index contributed by atoms with van der Waals surface area (Å²) in [6.45, 7) is 3.66. The van der Waals surface area contributed by atoms with Crippen molar-refractivity contribution in [1.29, 1.82) is 0 Å². The van der Waals surface area contributed by atoms with Crippen LogP contribution in [-0.4, -0.2) is 33.7 Å². The van der Waals surface area contributed by atoms with Crippen LogP contribution in [0.5, 0.6) is 0 Å². The van der Waals surface area contributed by atoms with E-state index in [1.54, 1.807) is 19.1 Å². The maximum absolute atomic E-state index is 13.9. The molecule has 1 unspecified atom stereocenters. The van der Waals surface area contributed by atoms with Crippen LogP contribution < -0.4 is 5.73 Å². The SMILES string of the molecule is CC1(O)CCN(Cc2ccc(C(N)=S)cc2F)C1. The van der Waals surface area contributed by atoms with E-state index in [0.29, 0.717) is 24.2 Å². The second kappa shape index (κ2) is 4.91. The first-order chi connectivity index (χ1) is 8.37. The smallest absolute Gasteiger partial charge is 0.128 e. The monoisotopic (exact) mass is 268 g/mol. The fourth-order valence-corrected chi connectivity index (χ4v) is 2.37. The molecule has 3 nitrogen and oxygen atoms in total. The normalized spacial score (nSPS) is 24.4. The second-order valence-corrected chi connectivity index (χ2v) is 5.57. The molecule has 2 rings (SSSR count). The van der Waals surface area contributed by atoms with Crippen molar-refractivity contribution >= 4 is 17.2 Å². The molecule has 0 amide bonds. The van der Waals surface area contributed by atoms with Gasteiger partial charge in [0.15, 0.2) is 0 Å². The van der Waals surface area contributed by atoms with E-state index in [-0.39, 0.29) is 10.8 Å². The molecule has 1 heterocycles. The summed E-state index contributed by atoms with van der Waals surface area (Å²) in [6.07, 6.45) is 0.722. The largest absolute Gasteiger partial charge is 0.389 e. The van der Waals surface area contributed by atoms with Crippen LogP contribution in [0.2, 0.25) is 0 Å². The summed E-state index contributed by atoms with van der Waals surface area (Å²) in [7, 11) is 0. The van der Waals surface area contributed by atoms with E-state index in [1.165, 1.54) is 6.07 Å². The standard InChI is InChI=1S/C13H17FN2OS/c1-13(17)4-5-16(8-13)7-10-3-2-9(12(15)18)6-11(10)14/h2-3,6,17H,4-5,7-8H2,1H3,(H2,15,18). The second-order valence-electron chi connectivity index (χ2n) is 5.13. The van der Waals surface area contributed by atoms with Gasteiger partial charge in [0, 0.05) is 30.8 Å². The van der Waals surface area contributed by atoms with Crippen LogP contribution in [-0.2, 0) is 6.54 Å². The Hall–Kier alpha value is -1.04. The average Bonchev–Trinajstić information content (AvgIpc) is 2.61. The maximum atomic E-state index is 13.9. The summed E-state index contributed by atoms with van der Waals surface area (Å²) in [5, 5.41) is 9.86. The van der Waals surface area contributed by atoms with Gasteiger partial charge in [0.25, 0.3) is 0 Å². The van der Waals surface area contributed by atoms with E-state index in [4.69, 9.17) is 18.0 Å². The minimum atomic E-state index is -0.657. The van der Waals surface area contributed by atoms with Crippen molar-refractivity contribution < 1.29 is 9.50 Å². The number of aliphatic hydroxyl groups is 1. The lowest BCUT2D eigenvalue weighted by atomic mass is 10.1. The van der Waals surface area contributed by atoms with Crippen LogP contribution in [0.25, 0.3) is 0 Å². The summed E-state index contributed by atoms with van der Waals surface area (Å²) in [4.78, 5) is 2.24. The van der Waals surface area contributed by atoms with Gasteiger partial charge in [0.05, 0.1) is 5.60 Å². The molecule has 0 spiro atoms. The zero-order chi connectivity index (χ0) is 13.3. The summed E-state index contributed by atoms with van der Waals surface area (Å²) in [5.74, 6) is -0.299. The van der Waals surface area contributed by atoms with E-state index in [9.17, 15) is 9.50 Å². The third-order valence-electron chi connectivity index (χ3n) is 3.26. The van der Waals surface area contributed by atoms with Gasteiger partial charge in [0.2, 0.25) is 0 Å². The zero-order valence-corrected chi connectivity index (χ0v) is 11.1. The van der Waals surface area contributed by atoms with Crippen molar-refractivity contribution in [2.24, 2.45) is 5.73 Å². The number of thiocarbonyl (C=S) groups is 1. The molecular weight excluding hydrogens is 251 g/mol. The van der Waals surface area contributed by atoms with Crippen LogP contribution in [0.4, 0.5) is 4.39 Å². The molecule has 5 heteroatoms. The average molecular weight is 268 g/mol. The first-order valence-electron chi connectivity index (χ1n) is 5.90. The number of benzene rings is 1. The van der Waals surface area contributed by atoms with E-state index in [1.807, 2.05) is 4.90 Å². The summed E-state index contributed by atoms with van der Waals surface area (Å²) < 4.78 is 13.9. The highest BCUT2D eigenvalue weighted by Gasteiger charge is 2.31. The highest BCUT2D eigenvalue weighted by atomic mass is 32.1. The van der Waals surface area contributed by atoms with Gasteiger partial charge in [-0.3, -0.25) is 4.90 Å². The molecule has 1 aromatic carbocycles. The molecule has 3 N–H and O–H groups in total. The lowest BCUT2D eigenvalue weighted by Crippen LogP contribution is -2.29. The van der Waals surface area contributed by atoms with Crippen molar-refractivity contribution in [2.75, 3.05) is 13.1 Å². The Bertz CT molecular complexity index is 476. The number of halogens is 1. The lowest BCUT2D eigenvalue weighted by Gasteiger charge is -2.19. The molecule has 18 heavy (non-hydrogen) atoms. The van der Waals surface area contributed by atoms with Gasteiger partial charge in [-0.15, -0.1) is 0 Å². The number of nitrogens with zero attached hydrogens (tertiary/aromatic N) is 1. The van der Waals surface area contributed by atoms with E-state index >= 15 is 0 Å². The number of likely N-dealkylation sites (tertiary alicyclic amines) is 1. The minimum Gasteiger partial charge on any atom is -0.389 e. The first kappa shape index (κ1) is 13.4. The van der Waals surface area contributed by atoms with Crippen LogP contribution in [0.3, 0.4) is 0 Å². The van der Waals surface area contributed by atoms with Crippen molar-refractivity contribution in [1.82, 2.24) is 4.90 Å². The number of rotatable bonds is 3. The molecule has 1 atom stereocenters. The van der Waals surface area contributed by atoms with E-state index in [0.717, 1.165) is 13.0 Å². The van der Waals surface area contributed by atoms with Gasteiger partial charge in [0.1, 0.15) is 10.8 Å². The van der Waals surface area contributed by atoms with Crippen LogP contribution >= 0.6 is 12.2 Å². The molecule has 0 aliphatic carbocycles. The minimum absolute atomic E-state index is 0.199. The number of nitrogens with two attached hydrogens (primary N) is 1. The molecular formula is C13H17FN2OS. The fourth-order valence-electron chi connectivity index (χ4n) is 2.24. The highest BCUT2D eigenvalue weighted by molar-refractivity contribution is 7.80. The van der Waals surface area contributed by atoms with E-state index < -0.39 is 5.60 Å². The summed E-state index contributed by atoms with van der Waals surface area (Å²) in [6, 6.07) is 4.80. The topological polar surface area (TPSA) is 49.5 Å². The van der Waals surface area contributed by atoms with Gasteiger partial charge in [-0.05, 0) is 19.4 Å². The van der Waals surface area contributed by atoms with Crippen LogP contribution in [0.15, 0.2) is 18.2 Å². The highest BCUT2D eigenvalue weighted by Crippen LogP contribution is 2.23. The summed E-state index contributed by atoms with van der Waals surface area (Å²) in [5.41, 5.74) is 5.94. The van der Waals surface area contributed by atoms with Crippen molar-refractivity contribution in [3.05, 3.63) is 35.1 Å². The molecule has 98 valence electrons. The van der Waals surface area contributed by atoms with Crippen molar-refractivity contribution in [3.8, 4) is 0 Å². The first-order valence-corrected chi connectivity index (χ1v) is 6.31. The quantitative estimate of drug-likeness (QED) is 0.814. The lowest BCUT2D eigenvalue weighted by molar-refractivity contribution is 0.0677. The van der Waals surface area contributed by atoms with Crippen LogP contribution in [0, 0.1) is 5.82 Å². The number of β-amino-alcohol motifs (C(OH)–C–C–N with tert-alkyl or cyclic N) is 1. The Labute approximate surface area is 111 Å². The zero-order valence-electron chi connectivity index (χ0n) is 10.3. The molecule has 0 bridgehead atoms. The Morgan fingerprint density at radius 2 is 2.33 bits per heavy atom. The number of hydrogen-bond donors (Lipinski definition) is 2. The predicted molar refractivity (Wildman–Crippen MR) is 72.8 cm³/mol. The van der Waals surface area contributed by atoms with Gasteiger partial charge in [-0.25, -0.2) is 4.39 Å². The Morgan fingerprint density at radius 3 is 2.83 bits per heavy atom. The Balaban J connectivity index is 2.09. The molecule has 1 aliphatic heterocycles. The molecule has 1 aromatic rings. The number of hydrogen-bond acceptors (Lipinski definition) is 3. The Kier molecular flexibility index (Phi) is 3.66. The summed E-state index contributed by atoms with van der Waals surface area (Å²) >= 11 is 4.81. The third kappa shape index (κ3) is 3.04. The van der Waals surface area contributed by atoms with Gasteiger partial charge in [-0.1, -0.05) is 24.4 Å².